The van der Waals surface area contributed by atoms with Crippen LogP contribution in [-0.2, 0) is 6.61 Å². The Hall–Kier alpha value is -3.63. The van der Waals surface area contributed by atoms with Gasteiger partial charge in [0.2, 0.25) is 5.13 Å². The quantitative estimate of drug-likeness (QED) is 0.410. The maximum absolute atomic E-state index is 12.9. The molecule has 0 saturated carbocycles. The minimum absolute atomic E-state index is 0.218. The van der Waals surface area contributed by atoms with E-state index in [4.69, 9.17) is 25.8 Å². The van der Waals surface area contributed by atoms with Crippen LogP contribution in [0.15, 0.2) is 55.0 Å². The van der Waals surface area contributed by atoms with Crippen molar-refractivity contribution in [2.45, 2.75) is 6.61 Å². The summed E-state index contributed by atoms with van der Waals surface area (Å²) >= 11 is 7.09. The minimum Gasteiger partial charge on any atom is -0.497 e. The van der Waals surface area contributed by atoms with E-state index in [1.807, 2.05) is 0 Å². The van der Waals surface area contributed by atoms with Gasteiger partial charge in [-0.1, -0.05) is 22.9 Å². The number of ether oxygens (including phenoxy) is 3. The van der Waals surface area contributed by atoms with Crippen LogP contribution in [0.4, 0.5) is 5.13 Å². The molecule has 4 rings (SSSR count). The zero-order valence-corrected chi connectivity index (χ0v) is 18.7. The number of benzene rings is 2. The molecule has 0 fully saturated rings. The first-order chi connectivity index (χ1) is 15.6. The summed E-state index contributed by atoms with van der Waals surface area (Å²) in [5.41, 5.74) is 0.952. The maximum atomic E-state index is 12.9. The van der Waals surface area contributed by atoms with Crippen LogP contribution in [0.25, 0.3) is 5.69 Å². The van der Waals surface area contributed by atoms with E-state index in [1.165, 1.54) is 23.9 Å². The van der Waals surface area contributed by atoms with E-state index < -0.39 is 0 Å². The Labute approximate surface area is 192 Å². The lowest BCUT2D eigenvalue weighted by Crippen LogP contribution is -2.16. The van der Waals surface area contributed by atoms with Gasteiger partial charge in [-0.25, -0.2) is 4.98 Å². The van der Waals surface area contributed by atoms with Gasteiger partial charge in [-0.15, -0.1) is 10.2 Å². The normalized spacial score (nSPS) is 10.6. The molecule has 2 heterocycles. The van der Waals surface area contributed by atoms with Crippen LogP contribution in [0.2, 0.25) is 5.02 Å². The molecule has 9 nitrogen and oxygen atoms in total. The molecule has 4 aromatic rings. The number of hydrogen-bond acceptors (Lipinski definition) is 8. The Morgan fingerprint density at radius 1 is 1.09 bits per heavy atom. The van der Waals surface area contributed by atoms with Crippen LogP contribution in [0.1, 0.15) is 15.5 Å². The number of methoxy groups -OCH3 is 2. The van der Waals surface area contributed by atoms with Crippen molar-refractivity contribution in [1.29, 1.82) is 0 Å². The SMILES string of the molecule is COc1ccc(-n2cncc2C(=O)Nc2nnc(COc3ccc(Cl)cc3)s2)c(OC)c1. The van der Waals surface area contributed by atoms with E-state index in [9.17, 15) is 4.79 Å². The number of hydrogen-bond donors (Lipinski definition) is 1. The van der Waals surface area contributed by atoms with Crippen LogP contribution in [-0.4, -0.2) is 39.9 Å². The van der Waals surface area contributed by atoms with Crippen molar-refractivity contribution in [2.75, 3.05) is 19.5 Å². The molecule has 0 spiro atoms. The van der Waals surface area contributed by atoms with Crippen LogP contribution in [0, 0.1) is 0 Å². The van der Waals surface area contributed by atoms with Crippen LogP contribution >= 0.6 is 22.9 Å². The van der Waals surface area contributed by atoms with Gasteiger partial charge in [0.25, 0.3) is 5.91 Å². The number of rotatable bonds is 8. The van der Waals surface area contributed by atoms with Gasteiger partial charge in [-0.3, -0.25) is 14.7 Å². The Morgan fingerprint density at radius 2 is 1.88 bits per heavy atom. The maximum Gasteiger partial charge on any atom is 0.276 e. The zero-order valence-electron chi connectivity index (χ0n) is 17.1. The second kappa shape index (κ2) is 9.67. The lowest BCUT2D eigenvalue weighted by atomic mass is 10.2. The number of amides is 1. The van der Waals surface area contributed by atoms with E-state index in [2.05, 4.69) is 20.5 Å². The Morgan fingerprint density at radius 3 is 2.62 bits per heavy atom. The number of anilines is 1. The molecule has 2 aromatic carbocycles. The number of halogens is 1. The Kier molecular flexibility index (Phi) is 6.52. The first-order valence-corrected chi connectivity index (χ1v) is 10.5. The molecule has 0 radical (unpaired) electrons. The molecule has 0 unspecified atom stereocenters. The fourth-order valence-corrected chi connectivity index (χ4v) is 3.61. The van der Waals surface area contributed by atoms with E-state index in [-0.39, 0.29) is 12.5 Å². The molecule has 0 atom stereocenters. The Bertz CT molecular complexity index is 1230. The fraction of sp³-hybridized carbons (Fsp3) is 0.143. The highest BCUT2D eigenvalue weighted by atomic mass is 35.5. The minimum atomic E-state index is -0.387. The van der Waals surface area contributed by atoms with Gasteiger partial charge in [0.15, 0.2) is 5.01 Å². The zero-order chi connectivity index (χ0) is 22.5. The molecule has 2 aromatic heterocycles. The van der Waals surface area contributed by atoms with Gasteiger partial charge in [0, 0.05) is 11.1 Å². The van der Waals surface area contributed by atoms with E-state index in [0.717, 1.165) is 0 Å². The summed E-state index contributed by atoms with van der Waals surface area (Å²) in [4.78, 5) is 17.0. The monoisotopic (exact) mass is 471 g/mol. The largest absolute Gasteiger partial charge is 0.497 e. The molecular weight excluding hydrogens is 454 g/mol. The number of aromatic nitrogens is 4. The third-order valence-electron chi connectivity index (χ3n) is 4.38. The number of nitrogens with zero attached hydrogens (tertiary/aromatic N) is 4. The molecule has 1 amide bonds. The highest BCUT2D eigenvalue weighted by Gasteiger charge is 2.18. The van der Waals surface area contributed by atoms with Gasteiger partial charge < -0.3 is 14.2 Å². The van der Waals surface area contributed by atoms with Crippen LogP contribution in [0.5, 0.6) is 17.2 Å². The van der Waals surface area contributed by atoms with Crippen molar-refractivity contribution < 1.29 is 19.0 Å². The predicted octanol–water partition coefficient (Wildman–Crippen LogP) is 4.23. The smallest absolute Gasteiger partial charge is 0.276 e. The lowest BCUT2D eigenvalue weighted by molar-refractivity contribution is 0.102. The average molecular weight is 472 g/mol. The standard InChI is InChI=1S/C21H18ClN5O4S/c1-29-15-7-8-16(18(9-15)30-2)27-12-23-10-17(27)20(28)24-21-26-25-19(32-21)11-31-14-5-3-13(22)4-6-14/h3-10,12H,11H2,1-2H3,(H,24,26,28). The molecular formula is C21H18ClN5O4S. The van der Waals surface area contributed by atoms with Crippen molar-refractivity contribution in [3.8, 4) is 22.9 Å². The second-order valence-corrected chi connectivity index (χ2v) is 7.88. The summed E-state index contributed by atoms with van der Waals surface area (Å²) in [6.45, 7) is 0.218. The summed E-state index contributed by atoms with van der Waals surface area (Å²) in [5.74, 6) is 1.45. The third-order valence-corrected chi connectivity index (χ3v) is 5.44. The molecule has 0 aliphatic heterocycles. The first kappa shape index (κ1) is 21.6. The van der Waals surface area contributed by atoms with Crippen LogP contribution < -0.4 is 19.5 Å². The number of nitrogens with one attached hydrogen (secondary N) is 1. The molecule has 32 heavy (non-hydrogen) atoms. The molecule has 164 valence electrons. The van der Waals surface area contributed by atoms with Gasteiger partial charge in [0.1, 0.15) is 29.5 Å². The van der Waals surface area contributed by atoms with Gasteiger partial charge in [-0.2, -0.15) is 0 Å². The number of carbonyl (C=O) groups is 1. The average Bonchev–Trinajstić information content (AvgIpc) is 3.48. The summed E-state index contributed by atoms with van der Waals surface area (Å²) in [6.07, 6.45) is 3.00. The van der Waals surface area contributed by atoms with Gasteiger partial charge >= 0.3 is 0 Å². The third kappa shape index (κ3) is 4.82. The van der Waals surface area contributed by atoms with Crippen molar-refractivity contribution in [1.82, 2.24) is 19.7 Å². The van der Waals surface area contributed by atoms with Crippen molar-refractivity contribution in [3.63, 3.8) is 0 Å². The number of carbonyl (C=O) groups excluding carboxylic acids is 1. The highest BCUT2D eigenvalue weighted by molar-refractivity contribution is 7.15. The summed E-state index contributed by atoms with van der Waals surface area (Å²) in [5, 5.41) is 12.4. The van der Waals surface area contributed by atoms with Crippen molar-refractivity contribution in [2.24, 2.45) is 0 Å². The molecule has 11 heteroatoms. The second-order valence-electron chi connectivity index (χ2n) is 6.38. The summed E-state index contributed by atoms with van der Waals surface area (Å²) < 4.78 is 17.9. The summed E-state index contributed by atoms with van der Waals surface area (Å²) in [6, 6.07) is 12.3. The molecule has 0 aliphatic carbocycles. The van der Waals surface area contributed by atoms with E-state index >= 15 is 0 Å². The molecule has 0 bridgehead atoms. The molecule has 0 aliphatic rings. The molecule has 1 N–H and O–H groups in total. The highest BCUT2D eigenvalue weighted by Crippen LogP contribution is 2.29. The predicted molar refractivity (Wildman–Crippen MR) is 120 cm³/mol. The summed E-state index contributed by atoms with van der Waals surface area (Å²) in [7, 11) is 3.12. The van der Waals surface area contributed by atoms with Crippen molar-refractivity contribution >= 4 is 34.0 Å². The van der Waals surface area contributed by atoms with E-state index in [0.29, 0.717) is 43.8 Å². The first-order valence-electron chi connectivity index (χ1n) is 9.34. The Balaban J connectivity index is 1.46. The van der Waals surface area contributed by atoms with Crippen molar-refractivity contribution in [3.05, 3.63) is 70.7 Å². The number of imidazole rings is 1. The van der Waals surface area contributed by atoms with Gasteiger partial charge in [-0.05, 0) is 36.4 Å². The fourth-order valence-electron chi connectivity index (χ4n) is 2.84. The topological polar surface area (TPSA) is 100 Å². The van der Waals surface area contributed by atoms with E-state index in [1.54, 1.807) is 61.3 Å². The molecule has 0 saturated heterocycles. The van der Waals surface area contributed by atoms with Crippen LogP contribution in [0.3, 0.4) is 0 Å². The lowest BCUT2D eigenvalue weighted by Gasteiger charge is -2.13. The van der Waals surface area contributed by atoms with Gasteiger partial charge in [0.05, 0.1) is 32.4 Å².